The molecule has 0 spiro atoms. The van der Waals surface area contributed by atoms with Gasteiger partial charge in [-0.2, -0.15) is 0 Å². The Morgan fingerprint density at radius 1 is 1.20 bits per heavy atom. The fourth-order valence-corrected chi connectivity index (χ4v) is 0.354. The Labute approximate surface area is 35.7 Å². The third-order valence-electron chi connectivity index (χ3n) is 0.707. The minimum atomic E-state index is 0. The molecule has 0 fully saturated rings. The van der Waals surface area contributed by atoms with Crippen LogP contribution in [0.5, 0.6) is 0 Å². The molecule has 0 aromatic heterocycles. The van der Waals surface area contributed by atoms with Gasteiger partial charge in [-0.1, -0.05) is 33.1 Å². The fourth-order valence-electron chi connectivity index (χ4n) is 0.354. The second-order valence-corrected chi connectivity index (χ2v) is 1.35. The van der Waals surface area contributed by atoms with Crippen molar-refractivity contribution in [2.45, 2.75) is 33.1 Å². The summed E-state index contributed by atoms with van der Waals surface area (Å²) in [6.07, 6.45) is 4.08. The highest BCUT2D eigenvalue weighted by atomic mass is 13.7. The molecule has 0 N–H and O–H groups in total. The molecule has 0 saturated carbocycles. The number of hydrogen-bond acceptors (Lipinski definition) is 0. The van der Waals surface area contributed by atoms with Gasteiger partial charge in [0.05, 0.1) is 0 Å². The topological polar surface area (TPSA) is 0 Å². The molecule has 0 rings (SSSR count). The van der Waals surface area contributed by atoms with Gasteiger partial charge in [0.25, 0.3) is 0 Å². The van der Waals surface area contributed by atoms with Gasteiger partial charge in [-0.15, -0.1) is 0 Å². The first-order chi connectivity index (χ1) is 2.41. The van der Waals surface area contributed by atoms with Crippen molar-refractivity contribution in [1.82, 2.24) is 0 Å². The Balaban J connectivity index is 0. The Kier molecular flexibility index (Phi) is 4.00. The van der Waals surface area contributed by atoms with E-state index in [-0.39, 0.29) is 1.43 Å². The SMILES string of the molecule is CCCCC.[HH]. The first-order valence-corrected chi connectivity index (χ1v) is 2.41. The predicted molar refractivity (Wildman–Crippen MR) is 27.3 cm³/mol. The minimum absolute atomic E-state index is 0. The quantitative estimate of drug-likeness (QED) is 0.472. The molecule has 5 heavy (non-hydrogen) atoms. The van der Waals surface area contributed by atoms with Crippen LogP contribution in [-0.4, -0.2) is 0 Å². The average Bonchev–Trinajstić information content (AvgIpc) is 1.41. The lowest BCUT2D eigenvalue weighted by molar-refractivity contribution is 0.772. The molecule has 0 heteroatoms. The average molecular weight is 74.2 g/mol. The molecule has 0 aromatic rings. The van der Waals surface area contributed by atoms with Crippen LogP contribution < -0.4 is 0 Å². The maximum Gasteiger partial charge on any atom is 0 e. The third-order valence-corrected chi connectivity index (χ3v) is 0.707. The Hall–Kier alpha value is 0. The van der Waals surface area contributed by atoms with E-state index in [1.54, 1.807) is 0 Å². The third kappa shape index (κ3) is 4.00. The molecule has 0 nitrogen and oxygen atoms in total. The van der Waals surface area contributed by atoms with E-state index in [1.807, 2.05) is 0 Å². The van der Waals surface area contributed by atoms with Crippen LogP contribution >= 0.6 is 0 Å². The Morgan fingerprint density at radius 3 is 1.60 bits per heavy atom. The van der Waals surface area contributed by atoms with E-state index in [1.165, 1.54) is 19.3 Å². The van der Waals surface area contributed by atoms with Crippen molar-refractivity contribution < 1.29 is 1.43 Å². The van der Waals surface area contributed by atoms with Gasteiger partial charge in [-0.3, -0.25) is 0 Å². The lowest BCUT2D eigenvalue weighted by atomic mass is 10.3. The van der Waals surface area contributed by atoms with E-state index in [0.717, 1.165) is 0 Å². The second kappa shape index (κ2) is 4.00. The summed E-state index contributed by atoms with van der Waals surface area (Å²) in [5.74, 6) is 0. The molecule has 0 saturated heterocycles. The van der Waals surface area contributed by atoms with Crippen LogP contribution in [0.1, 0.15) is 34.5 Å². The van der Waals surface area contributed by atoms with Crippen molar-refractivity contribution in [3.8, 4) is 0 Å². The van der Waals surface area contributed by atoms with E-state index in [0.29, 0.717) is 0 Å². The molecule has 0 radical (unpaired) electrons. The number of rotatable bonds is 2. The van der Waals surface area contributed by atoms with Crippen molar-refractivity contribution in [2.75, 3.05) is 0 Å². The summed E-state index contributed by atoms with van der Waals surface area (Å²) in [7, 11) is 0. The van der Waals surface area contributed by atoms with Gasteiger partial charge in [0, 0.05) is 1.43 Å². The summed E-state index contributed by atoms with van der Waals surface area (Å²) >= 11 is 0. The first-order valence-electron chi connectivity index (χ1n) is 2.41. The zero-order valence-corrected chi connectivity index (χ0v) is 4.12. The number of unbranched alkanes of at least 4 members (excludes halogenated alkanes) is 2. The van der Waals surface area contributed by atoms with Crippen LogP contribution in [0.25, 0.3) is 0 Å². The maximum absolute atomic E-state index is 2.21. The van der Waals surface area contributed by atoms with Gasteiger partial charge in [0.15, 0.2) is 0 Å². The predicted octanol–water partition coefficient (Wildman–Crippen LogP) is 2.44. The van der Waals surface area contributed by atoms with Gasteiger partial charge < -0.3 is 0 Å². The van der Waals surface area contributed by atoms with Crippen LogP contribution in [0.15, 0.2) is 0 Å². The van der Waals surface area contributed by atoms with E-state index in [2.05, 4.69) is 13.8 Å². The van der Waals surface area contributed by atoms with Gasteiger partial charge in [-0.05, 0) is 0 Å². The van der Waals surface area contributed by atoms with Crippen LogP contribution in [0.4, 0.5) is 0 Å². The van der Waals surface area contributed by atoms with Crippen molar-refractivity contribution in [3.63, 3.8) is 0 Å². The molecular formula is C5H14. The van der Waals surface area contributed by atoms with E-state index < -0.39 is 0 Å². The smallest absolute Gasteiger partial charge is 0 e. The standard InChI is InChI=1S/C5H12.H2/c1-3-5-4-2;/h3-5H2,1-2H3;1H. The van der Waals surface area contributed by atoms with E-state index in [9.17, 15) is 0 Å². The van der Waals surface area contributed by atoms with Crippen molar-refractivity contribution >= 4 is 0 Å². The van der Waals surface area contributed by atoms with E-state index in [4.69, 9.17) is 0 Å². The van der Waals surface area contributed by atoms with E-state index >= 15 is 0 Å². The van der Waals surface area contributed by atoms with Gasteiger partial charge in [-0.25, -0.2) is 0 Å². The van der Waals surface area contributed by atoms with Crippen molar-refractivity contribution in [2.24, 2.45) is 0 Å². The highest BCUT2D eigenvalue weighted by molar-refractivity contribution is 4.24. The lowest BCUT2D eigenvalue weighted by Crippen LogP contribution is -1.59. The molecule has 0 aliphatic rings. The highest BCUT2D eigenvalue weighted by Crippen LogP contribution is 1.88. The number of hydrogen-bond donors (Lipinski definition) is 0. The largest absolute Gasteiger partial charge is 0.0654 e. The first kappa shape index (κ1) is 5.00. The summed E-state index contributed by atoms with van der Waals surface area (Å²) in [5, 5.41) is 0. The summed E-state index contributed by atoms with van der Waals surface area (Å²) in [5.41, 5.74) is 0. The zero-order chi connectivity index (χ0) is 4.12. The Morgan fingerprint density at radius 2 is 1.60 bits per heavy atom. The van der Waals surface area contributed by atoms with Crippen LogP contribution in [0.3, 0.4) is 0 Å². The summed E-state index contributed by atoms with van der Waals surface area (Å²) in [6.45, 7) is 4.42. The fraction of sp³-hybridized carbons (Fsp3) is 1.00. The summed E-state index contributed by atoms with van der Waals surface area (Å²) in [6, 6.07) is 0. The molecular weight excluding hydrogens is 60.1 g/mol. The van der Waals surface area contributed by atoms with Crippen LogP contribution in [-0.2, 0) is 0 Å². The van der Waals surface area contributed by atoms with Gasteiger partial charge >= 0.3 is 0 Å². The Bertz CT molecular complexity index is 11.4. The second-order valence-electron chi connectivity index (χ2n) is 1.35. The highest BCUT2D eigenvalue weighted by Gasteiger charge is 1.68. The molecule has 34 valence electrons. The van der Waals surface area contributed by atoms with Crippen LogP contribution in [0, 0.1) is 0 Å². The molecule has 0 aliphatic heterocycles. The molecule has 0 unspecified atom stereocenters. The molecule has 0 aromatic carbocycles. The monoisotopic (exact) mass is 74.1 g/mol. The molecule has 0 bridgehead atoms. The van der Waals surface area contributed by atoms with Crippen molar-refractivity contribution in [1.29, 1.82) is 0 Å². The van der Waals surface area contributed by atoms with Gasteiger partial charge in [0.1, 0.15) is 0 Å². The zero-order valence-electron chi connectivity index (χ0n) is 4.12. The summed E-state index contributed by atoms with van der Waals surface area (Å²) in [4.78, 5) is 0. The van der Waals surface area contributed by atoms with Crippen molar-refractivity contribution in [3.05, 3.63) is 0 Å². The van der Waals surface area contributed by atoms with Crippen LogP contribution in [0.2, 0.25) is 0 Å². The molecule has 0 heterocycles. The maximum atomic E-state index is 2.21. The molecule has 0 amide bonds. The molecule has 0 aliphatic carbocycles. The minimum Gasteiger partial charge on any atom is -0.0654 e. The lowest BCUT2D eigenvalue weighted by Gasteiger charge is -1.79. The normalized spacial score (nSPS) is 8.40. The molecule has 0 atom stereocenters. The summed E-state index contributed by atoms with van der Waals surface area (Å²) < 4.78 is 0. The van der Waals surface area contributed by atoms with Gasteiger partial charge in [0.2, 0.25) is 0 Å².